The number of methoxy groups -OCH3 is 1. The minimum atomic E-state index is 0.522. The molecule has 0 saturated carbocycles. The van der Waals surface area contributed by atoms with Crippen LogP contribution < -0.4 is 9.47 Å². The van der Waals surface area contributed by atoms with Crippen LogP contribution >= 0.6 is 15.9 Å². The molecule has 1 saturated heterocycles. The first-order valence-corrected chi connectivity index (χ1v) is 9.97. The van der Waals surface area contributed by atoms with Gasteiger partial charge in [0.25, 0.3) is 0 Å². The van der Waals surface area contributed by atoms with Gasteiger partial charge in [0.2, 0.25) is 0 Å². The molecule has 0 radical (unpaired) electrons. The lowest BCUT2D eigenvalue weighted by molar-refractivity contribution is 0.131. The highest BCUT2D eigenvalue weighted by atomic mass is 79.9. The Bertz CT molecular complexity index is 701. The number of halogens is 1. The Hall–Kier alpha value is -1.56. The lowest BCUT2D eigenvalue weighted by atomic mass is 10.1. The summed E-state index contributed by atoms with van der Waals surface area (Å²) < 4.78 is 12.6. The maximum Gasteiger partial charge on any atom is 0.176 e. The number of ether oxygens (including phenoxy) is 2. The Morgan fingerprint density at radius 2 is 1.65 bits per heavy atom. The fraction of sp³-hybridized carbons (Fsp3) is 0.429. The van der Waals surface area contributed by atoms with E-state index < -0.39 is 0 Å². The van der Waals surface area contributed by atoms with Crippen molar-refractivity contribution in [1.29, 1.82) is 0 Å². The zero-order chi connectivity index (χ0) is 18.4. The van der Waals surface area contributed by atoms with Crippen LogP contribution in [0.15, 0.2) is 46.9 Å². The van der Waals surface area contributed by atoms with E-state index >= 15 is 0 Å². The average molecular weight is 419 g/mol. The lowest BCUT2D eigenvalue weighted by Crippen LogP contribution is -2.45. The number of rotatable bonds is 7. The Labute approximate surface area is 164 Å². The Kier molecular flexibility index (Phi) is 6.94. The van der Waals surface area contributed by atoms with Crippen molar-refractivity contribution >= 4 is 15.9 Å². The van der Waals surface area contributed by atoms with Gasteiger partial charge in [-0.05, 0) is 39.7 Å². The predicted octanol–water partition coefficient (Wildman–Crippen LogP) is 4.17. The van der Waals surface area contributed by atoms with E-state index in [9.17, 15) is 0 Å². The molecule has 1 aliphatic heterocycles. The van der Waals surface area contributed by atoms with Gasteiger partial charge in [0.15, 0.2) is 11.5 Å². The highest BCUT2D eigenvalue weighted by Crippen LogP contribution is 2.39. The molecule has 2 aromatic rings. The fourth-order valence-electron chi connectivity index (χ4n) is 3.23. The van der Waals surface area contributed by atoms with Crippen LogP contribution in [-0.2, 0) is 13.2 Å². The highest BCUT2D eigenvalue weighted by molar-refractivity contribution is 9.10. The molecule has 0 atom stereocenters. The van der Waals surface area contributed by atoms with E-state index in [2.05, 4.69) is 50.9 Å². The van der Waals surface area contributed by atoms with Crippen LogP contribution in [0, 0.1) is 0 Å². The number of piperazine rings is 1. The van der Waals surface area contributed by atoms with Crippen molar-refractivity contribution < 1.29 is 9.47 Å². The van der Waals surface area contributed by atoms with Crippen LogP contribution in [0.1, 0.15) is 18.1 Å². The normalized spacial score (nSPS) is 15.8. The summed E-state index contributed by atoms with van der Waals surface area (Å²) in [6, 6.07) is 14.3. The van der Waals surface area contributed by atoms with E-state index in [0.717, 1.165) is 60.8 Å². The molecule has 0 unspecified atom stereocenters. The van der Waals surface area contributed by atoms with Crippen LogP contribution in [0.3, 0.4) is 0 Å². The standard InChI is InChI=1S/C21H27BrN2O2/c1-3-23-11-13-24(14-12-23)15-18-9-10-19(25-2)21(20(18)22)26-16-17-7-5-4-6-8-17/h4-10H,3,11-16H2,1-2H3. The van der Waals surface area contributed by atoms with Gasteiger partial charge in [-0.15, -0.1) is 0 Å². The summed E-state index contributed by atoms with van der Waals surface area (Å²) in [5, 5.41) is 0. The van der Waals surface area contributed by atoms with Crippen molar-refractivity contribution in [2.75, 3.05) is 39.8 Å². The number of hydrogen-bond donors (Lipinski definition) is 0. The minimum Gasteiger partial charge on any atom is -0.493 e. The number of likely N-dealkylation sites (N-methyl/N-ethyl adjacent to an activating group) is 1. The number of nitrogens with zero attached hydrogens (tertiary/aromatic N) is 2. The van der Waals surface area contributed by atoms with Crippen molar-refractivity contribution in [3.8, 4) is 11.5 Å². The molecule has 0 bridgehead atoms. The summed E-state index contributed by atoms with van der Waals surface area (Å²) in [5.41, 5.74) is 2.38. The summed E-state index contributed by atoms with van der Waals surface area (Å²) >= 11 is 3.76. The van der Waals surface area contributed by atoms with Crippen molar-refractivity contribution in [2.24, 2.45) is 0 Å². The molecule has 1 fully saturated rings. The van der Waals surface area contributed by atoms with Gasteiger partial charge < -0.3 is 14.4 Å². The topological polar surface area (TPSA) is 24.9 Å². The second kappa shape index (κ2) is 9.40. The fourth-order valence-corrected chi connectivity index (χ4v) is 3.80. The summed E-state index contributed by atoms with van der Waals surface area (Å²) in [6.45, 7) is 9.30. The molecule has 5 heteroatoms. The van der Waals surface area contributed by atoms with Crippen LogP contribution in [0.25, 0.3) is 0 Å². The van der Waals surface area contributed by atoms with Crippen molar-refractivity contribution in [3.63, 3.8) is 0 Å². The first kappa shape index (κ1) is 19.2. The molecule has 0 aromatic heterocycles. The molecule has 2 aromatic carbocycles. The molecule has 0 aliphatic carbocycles. The van der Waals surface area contributed by atoms with Crippen LogP contribution in [0.5, 0.6) is 11.5 Å². The van der Waals surface area contributed by atoms with Gasteiger partial charge in [0, 0.05) is 32.7 Å². The van der Waals surface area contributed by atoms with Gasteiger partial charge >= 0.3 is 0 Å². The monoisotopic (exact) mass is 418 g/mol. The molecule has 140 valence electrons. The number of hydrogen-bond acceptors (Lipinski definition) is 4. The SMILES string of the molecule is CCN1CCN(Cc2ccc(OC)c(OCc3ccccc3)c2Br)CC1. The van der Waals surface area contributed by atoms with Gasteiger partial charge in [-0.1, -0.05) is 43.3 Å². The third-order valence-electron chi connectivity index (χ3n) is 4.89. The molecule has 0 amide bonds. The van der Waals surface area contributed by atoms with Gasteiger partial charge in [0.05, 0.1) is 11.6 Å². The molecule has 1 aliphatic rings. The Morgan fingerprint density at radius 3 is 2.31 bits per heavy atom. The molecule has 1 heterocycles. The zero-order valence-corrected chi connectivity index (χ0v) is 17.2. The minimum absolute atomic E-state index is 0.522. The molecular weight excluding hydrogens is 392 g/mol. The maximum atomic E-state index is 6.11. The molecular formula is C21H27BrN2O2. The van der Waals surface area contributed by atoms with Crippen molar-refractivity contribution in [1.82, 2.24) is 9.80 Å². The largest absolute Gasteiger partial charge is 0.493 e. The van der Waals surface area contributed by atoms with E-state index in [1.807, 2.05) is 24.3 Å². The average Bonchev–Trinajstić information content (AvgIpc) is 2.70. The molecule has 0 spiro atoms. The van der Waals surface area contributed by atoms with Crippen LogP contribution in [-0.4, -0.2) is 49.6 Å². The quantitative estimate of drug-likeness (QED) is 0.673. The van der Waals surface area contributed by atoms with E-state index in [1.165, 1.54) is 5.56 Å². The van der Waals surface area contributed by atoms with Gasteiger partial charge in [-0.3, -0.25) is 4.90 Å². The van der Waals surface area contributed by atoms with E-state index in [1.54, 1.807) is 7.11 Å². The van der Waals surface area contributed by atoms with Gasteiger partial charge in [0.1, 0.15) is 6.61 Å². The summed E-state index contributed by atoms with van der Waals surface area (Å²) in [6.07, 6.45) is 0. The highest BCUT2D eigenvalue weighted by Gasteiger charge is 2.19. The van der Waals surface area contributed by atoms with Crippen LogP contribution in [0.4, 0.5) is 0 Å². The van der Waals surface area contributed by atoms with E-state index in [0.29, 0.717) is 6.61 Å². The smallest absolute Gasteiger partial charge is 0.176 e. The van der Waals surface area contributed by atoms with Gasteiger partial charge in [-0.2, -0.15) is 0 Å². The molecule has 0 N–H and O–H groups in total. The molecule has 4 nitrogen and oxygen atoms in total. The second-order valence-corrected chi connectivity index (χ2v) is 7.35. The third-order valence-corrected chi connectivity index (χ3v) is 5.76. The van der Waals surface area contributed by atoms with E-state index in [-0.39, 0.29) is 0 Å². The number of benzene rings is 2. The molecule has 3 rings (SSSR count). The lowest BCUT2D eigenvalue weighted by Gasteiger charge is -2.34. The predicted molar refractivity (Wildman–Crippen MR) is 109 cm³/mol. The van der Waals surface area contributed by atoms with E-state index in [4.69, 9.17) is 9.47 Å². The van der Waals surface area contributed by atoms with Gasteiger partial charge in [-0.25, -0.2) is 0 Å². The Morgan fingerprint density at radius 1 is 0.962 bits per heavy atom. The second-order valence-electron chi connectivity index (χ2n) is 6.55. The van der Waals surface area contributed by atoms with Crippen molar-refractivity contribution in [3.05, 3.63) is 58.1 Å². The summed E-state index contributed by atoms with van der Waals surface area (Å²) in [5.74, 6) is 1.54. The third kappa shape index (κ3) is 4.78. The summed E-state index contributed by atoms with van der Waals surface area (Å²) in [7, 11) is 1.68. The first-order valence-electron chi connectivity index (χ1n) is 9.18. The summed E-state index contributed by atoms with van der Waals surface area (Å²) in [4.78, 5) is 4.99. The molecule has 26 heavy (non-hydrogen) atoms. The van der Waals surface area contributed by atoms with Crippen molar-refractivity contribution in [2.45, 2.75) is 20.1 Å². The maximum absolute atomic E-state index is 6.11. The zero-order valence-electron chi connectivity index (χ0n) is 15.6. The Balaban J connectivity index is 1.71. The first-order chi connectivity index (χ1) is 12.7. The van der Waals surface area contributed by atoms with Crippen LogP contribution in [0.2, 0.25) is 0 Å².